The molecule has 0 aromatic carbocycles. The minimum absolute atomic E-state index is 0.0780. The lowest BCUT2D eigenvalue weighted by Gasteiger charge is -2.35. The summed E-state index contributed by atoms with van der Waals surface area (Å²) in [4.78, 5) is 27.3. The highest BCUT2D eigenvalue weighted by molar-refractivity contribution is 6.18. The third-order valence-corrected chi connectivity index (χ3v) is 3.65. The Labute approximate surface area is 112 Å². The Morgan fingerprint density at radius 3 is 2.39 bits per heavy atom. The molecule has 0 aromatic heterocycles. The van der Waals surface area contributed by atoms with E-state index >= 15 is 0 Å². The molecule has 0 N–H and O–H groups in total. The number of rotatable bonds is 3. The summed E-state index contributed by atoms with van der Waals surface area (Å²) in [5.74, 6) is 0.514. The quantitative estimate of drug-likeness (QED) is 0.703. The molecular formula is C12H19ClN2O3. The number of hydrogen-bond donors (Lipinski definition) is 0. The minimum atomic E-state index is -0.255. The van der Waals surface area contributed by atoms with Gasteiger partial charge in [0.25, 0.3) is 5.91 Å². The van der Waals surface area contributed by atoms with Gasteiger partial charge in [-0.05, 0) is 12.8 Å². The summed E-state index contributed by atoms with van der Waals surface area (Å²) in [6.45, 7) is 3.10. The SMILES string of the molecule is O=C(CCCl)N1CCN(C(=O)C2CCCO2)CC1. The number of ether oxygens (including phenoxy) is 1. The fourth-order valence-corrected chi connectivity index (χ4v) is 2.55. The van der Waals surface area contributed by atoms with E-state index in [0.29, 0.717) is 45.1 Å². The molecule has 5 nitrogen and oxygen atoms in total. The minimum Gasteiger partial charge on any atom is -0.368 e. The van der Waals surface area contributed by atoms with Crippen LogP contribution in [0, 0.1) is 0 Å². The van der Waals surface area contributed by atoms with Crippen LogP contribution in [0.1, 0.15) is 19.3 Å². The van der Waals surface area contributed by atoms with Crippen LogP contribution < -0.4 is 0 Å². The molecule has 0 aliphatic carbocycles. The fourth-order valence-electron chi connectivity index (χ4n) is 2.39. The summed E-state index contributed by atoms with van der Waals surface area (Å²) >= 11 is 5.55. The van der Waals surface area contributed by atoms with E-state index in [1.807, 2.05) is 0 Å². The van der Waals surface area contributed by atoms with E-state index in [4.69, 9.17) is 16.3 Å². The number of carbonyl (C=O) groups excluding carboxylic acids is 2. The van der Waals surface area contributed by atoms with Crippen LogP contribution in [0.15, 0.2) is 0 Å². The Kier molecular flexibility index (Phi) is 4.83. The summed E-state index contributed by atoms with van der Waals surface area (Å²) < 4.78 is 5.39. The standard InChI is InChI=1S/C12H19ClN2O3/c13-4-3-11(16)14-5-7-15(8-6-14)12(17)10-2-1-9-18-10/h10H,1-9H2. The van der Waals surface area contributed by atoms with E-state index in [1.165, 1.54) is 0 Å². The zero-order chi connectivity index (χ0) is 13.0. The van der Waals surface area contributed by atoms with Crippen molar-refractivity contribution >= 4 is 23.4 Å². The van der Waals surface area contributed by atoms with Gasteiger partial charge in [-0.25, -0.2) is 0 Å². The van der Waals surface area contributed by atoms with Crippen molar-refractivity contribution in [1.29, 1.82) is 0 Å². The Bertz CT molecular complexity index is 310. The molecule has 1 unspecified atom stereocenters. The number of halogens is 1. The Balaban J connectivity index is 1.79. The van der Waals surface area contributed by atoms with E-state index in [2.05, 4.69) is 0 Å². The molecule has 2 fully saturated rings. The second-order valence-electron chi connectivity index (χ2n) is 4.65. The predicted octanol–water partition coefficient (Wildman–Crippen LogP) is 0.465. The smallest absolute Gasteiger partial charge is 0.251 e. The van der Waals surface area contributed by atoms with Crippen LogP contribution >= 0.6 is 11.6 Å². The van der Waals surface area contributed by atoms with Crippen molar-refractivity contribution in [3.63, 3.8) is 0 Å². The first-order valence-electron chi connectivity index (χ1n) is 6.46. The van der Waals surface area contributed by atoms with Crippen molar-refractivity contribution in [3.8, 4) is 0 Å². The van der Waals surface area contributed by atoms with Crippen LogP contribution in [0.5, 0.6) is 0 Å². The van der Waals surface area contributed by atoms with Gasteiger partial charge in [-0.15, -0.1) is 11.6 Å². The predicted molar refractivity (Wildman–Crippen MR) is 67.5 cm³/mol. The number of piperazine rings is 1. The Hall–Kier alpha value is -0.810. The first kappa shape index (κ1) is 13.6. The third-order valence-electron chi connectivity index (χ3n) is 3.46. The summed E-state index contributed by atoms with van der Waals surface area (Å²) in [5.41, 5.74) is 0. The van der Waals surface area contributed by atoms with Crippen molar-refractivity contribution in [2.45, 2.75) is 25.4 Å². The molecule has 2 saturated heterocycles. The van der Waals surface area contributed by atoms with Gasteiger partial charge in [0.1, 0.15) is 6.10 Å². The van der Waals surface area contributed by atoms with E-state index in [-0.39, 0.29) is 17.9 Å². The van der Waals surface area contributed by atoms with Gasteiger partial charge < -0.3 is 14.5 Å². The number of hydrogen-bond acceptors (Lipinski definition) is 3. The maximum atomic E-state index is 12.1. The van der Waals surface area contributed by atoms with Crippen LogP contribution in [0.2, 0.25) is 0 Å². The molecule has 2 heterocycles. The molecule has 0 saturated carbocycles. The maximum Gasteiger partial charge on any atom is 0.251 e. The van der Waals surface area contributed by atoms with Crippen LogP contribution in [-0.4, -0.2) is 66.4 Å². The van der Waals surface area contributed by atoms with E-state index in [0.717, 1.165) is 12.8 Å². The summed E-state index contributed by atoms with van der Waals surface area (Å²) in [7, 11) is 0. The highest BCUT2D eigenvalue weighted by Crippen LogP contribution is 2.16. The molecule has 18 heavy (non-hydrogen) atoms. The van der Waals surface area contributed by atoms with Crippen LogP contribution in [-0.2, 0) is 14.3 Å². The lowest BCUT2D eigenvalue weighted by Crippen LogP contribution is -2.52. The van der Waals surface area contributed by atoms with Gasteiger partial charge in [-0.1, -0.05) is 0 Å². The van der Waals surface area contributed by atoms with Crippen molar-refractivity contribution in [1.82, 2.24) is 9.80 Å². The Morgan fingerprint density at radius 2 is 1.83 bits per heavy atom. The summed E-state index contributed by atoms with van der Waals surface area (Å²) in [5, 5.41) is 0. The van der Waals surface area contributed by atoms with Gasteiger partial charge in [-0.3, -0.25) is 9.59 Å². The molecule has 2 aliphatic rings. The molecule has 2 rings (SSSR count). The molecule has 2 amide bonds. The van der Waals surface area contributed by atoms with Gasteiger partial charge in [0, 0.05) is 45.1 Å². The van der Waals surface area contributed by atoms with Crippen molar-refractivity contribution in [3.05, 3.63) is 0 Å². The molecule has 0 aromatic rings. The fraction of sp³-hybridized carbons (Fsp3) is 0.833. The average molecular weight is 275 g/mol. The normalized spacial score (nSPS) is 24.4. The second-order valence-corrected chi connectivity index (χ2v) is 5.02. The van der Waals surface area contributed by atoms with Gasteiger partial charge >= 0.3 is 0 Å². The molecule has 102 valence electrons. The first-order valence-corrected chi connectivity index (χ1v) is 7.00. The van der Waals surface area contributed by atoms with Crippen molar-refractivity contribution in [2.75, 3.05) is 38.7 Å². The highest BCUT2D eigenvalue weighted by atomic mass is 35.5. The molecule has 0 bridgehead atoms. The maximum absolute atomic E-state index is 12.1. The highest BCUT2D eigenvalue weighted by Gasteiger charge is 2.31. The van der Waals surface area contributed by atoms with Gasteiger partial charge in [0.05, 0.1) is 0 Å². The molecule has 1 atom stereocenters. The number of carbonyl (C=O) groups is 2. The van der Waals surface area contributed by atoms with E-state index < -0.39 is 0 Å². The number of alkyl halides is 1. The first-order chi connectivity index (χ1) is 8.72. The molecule has 6 heteroatoms. The topological polar surface area (TPSA) is 49.9 Å². The molecular weight excluding hydrogens is 256 g/mol. The molecule has 0 radical (unpaired) electrons. The molecule has 0 spiro atoms. The number of nitrogens with zero attached hydrogens (tertiary/aromatic N) is 2. The van der Waals surface area contributed by atoms with E-state index in [1.54, 1.807) is 9.80 Å². The third kappa shape index (κ3) is 3.14. The van der Waals surface area contributed by atoms with Crippen molar-refractivity contribution in [2.24, 2.45) is 0 Å². The summed E-state index contributed by atoms with van der Waals surface area (Å²) in [6, 6.07) is 0. The summed E-state index contributed by atoms with van der Waals surface area (Å²) in [6.07, 6.45) is 1.91. The monoisotopic (exact) mass is 274 g/mol. The van der Waals surface area contributed by atoms with Crippen LogP contribution in [0.3, 0.4) is 0 Å². The van der Waals surface area contributed by atoms with Crippen molar-refractivity contribution < 1.29 is 14.3 Å². The average Bonchev–Trinajstić information content (AvgIpc) is 2.92. The van der Waals surface area contributed by atoms with Gasteiger partial charge in [-0.2, -0.15) is 0 Å². The second kappa shape index (κ2) is 6.38. The zero-order valence-corrected chi connectivity index (χ0v) is 11.2. The molecule has 2 aliphatic heterocycles. The lowest BCUT2D eigenvalue weighted by atomic mass is 10.2. The van der Waals surface area contributed by atoms with E-state index in [9.17, 15) is 9.59 Å². The Morgan fingerprint density at radius 1 is 1.17 bits per heavy atom. The number of amides is 2. The zero-order valence-electron chi connectivity index (χ0n) is 10.4. The van der Waals surface area contributed by atoms with Crippen LogP contribution in [0.25, 0.3) is 0 Å². The lowest BCUT2D eigenvalue weighted by molar-refractivity contribution is -0.145. The van der Waals surface area contributed by atoms with Gasteiger partial charge in [0.15, 0.2) is 0 Å². The largest absolute Gasteiger partial charge is 0.368 e. The van der Waals surface area contributed by atoms with Crippen LogP contribution in [0.4, 0.5) is 0 Å². The van der Waals surface area contributed by atoms with Gasteiger partial charge in [0.2, 0.25) is 5.91 Å².